The lowest BCUT2D eigenvalue weighted by atomic mass is 10.3. The summed E-state index contributed by atoms with van der Waals surface area (Å²) in [7, 11) is 0. The minimum absolute atomic E-state index is 0.0190. The molecule has 116 valence electrons. The minimum Gasteiger partial charge on any atom is -0.504 e. The second-order valence-electron chi connectivity index (χ2n) is 4.47. The van der Waals surface area contributed by atoms with Gasteiger partial charge in [-0.15, -0.1) is 10.2 Å². The summed E-state index contributed by atoms with van der Waals surface area (Å²) >= 11 is 11.7. The van der Waals surface area contributed by atoms with E-state index >= 15 is 0 Å². The Hall–Kier alpha value is -2.64. The summed E-state index contributed by atoms with van der Waals surface area (Å²) in [6, 6.07) is 7.56. The number of benzene rings is 1. The Balaban J connectivity index is 2.13. The van der Waals surface area contributed by atoms with Crippen LogP contribution in [0.4, 0.5) is 11.5 Å². The number of carboxylic acids is 1. The van der Waals surface area contributed by atoms with Gasteiger partial charge in [-0.3, -0.25) is 4.40 Å². The number of fused-ring (bicyclic) bond motifs is 1. The van der Waals surface area contributed by atoms with Crippen LogP contribution in [0.25, 0.3) is 5.65 Å². The van der Waals surface area contributed by atoms with Crippen LogP contribution < -0.4 is 0 Å². The molecule has 0 aliphatic rings. The third-order valence-electron chi connectivity index (χ3n) is 2.97. The molecule has 0 amide bonds. The zero-order valence-electron chi connectivity index (χ0n) is 11.3. The van der Waals surface area contributed by atoms with E-state index in [0.29, 0.717) is 15.7 Å². The fourth-order valence-electron chi connectivity index (χ4n) is 1.93. The Labute approximate surface area is 139 Å². The van der Waals surface area contributed by atoms with Gasteiger partial charge in [-0.05, 0) is 30.3 Å². The van der Waals surface area contributed by atoms with E-state index in [0.717, 1.165) is 0 Å². The molecule has 2 aromatic heterocycles. The molecule has 0 fully saturated rings. The summed E-state index contributed by atoms with van der Waals surface area (Å²) in [5.74, 6) is -1.46. The van der Waals surface area contributed by atoms with E-state index in [2.05, 4.69) is 15.2 Å². The Morgan fingerprint density at radius 2 is 1.96 bits per heavy atom. The molecule has 2 N–H and O–H groups in total. The quantitative estimate of drug-likeness (QED) is 0.681. The molecule has 3 rings (SSSR count). The van der Waals surface area contributed by atoms with E-state index in [1.807, 2.05) is 0 Å². The van der Waals surface area contributed by atoms with Crippen LogP contribution in [0.5, 0.6) is 5.75 Å². The average molecular weight is 351 g/mol. The molecular weight excluding hydrogens is 343 g/mol. The highest BCUT2D eigenvalue weighted by Crippen LogP contribution is 2.30. The molecule has 0 radical (unpaired) electrons. The lowest BCUT2D eigenvalue weighted by molar-refractivity contribution is 0.0692. The number of hydrogen-bond acceptors (Lipinski definition) is 5. The molecule has 0 aliphatic heterocycles. The van der Waals surface area contributed by atoms with E-state index in [1.54, 1.807) is 12.1 Å². The molecule has 0 atom stereocenters. The first-order valence-electron chi connectivity index (χ1n) is 6.27. The van der Waals surface area contributed by atoms with E-state index in [-0.39, 0.29) is 22.9 Å². The van der Waals surface area contributed by atoms with Crippen molar-refractivity contribution in [2.45, 2.75) is 0 Å². The first-order valence-corrected chi connectivity index (χ1v) is 7.03. The number of halogens is 2. The van der Waals surface area contributed by atoms with Crippen LogP contribution in [0.1, 0.15) is 10.5 Å². The molecule has 0 saturated carbocycles. The number of nitrogens with zero attached hydrogens (tertiary/aromatic N) is 4. The summed E-state index contributed by atoms with van der Waals surface area (Å²) in [4.78, 5) is 15.2. The maximum Gasteiger partial charge on any atom is 0.358 e. The van der Waals surface area contributed by atoms with Crippen LogP contribution >= 0.6 is 23.2 Å². The van der Waals surface area contributed by atoms with Gasteiger partial charge in [0, 0.05) is 6.20 Å². The maximum atomic E-state index is 11.3. The standard InChI is InChI=1S/C14H8Cl2N4O3/c15-8-4-3-7(6-9(8)16)18-19-13-11(14(22)23)17-12-10(21)2-1-5-20(12)13/h1-6,21H,(H,22,23). The highest BCUT2D eigenvalue weighted by molar-refractivity contribution is 6.42. The first kappa shape index (κ1) is 15.3. The molecule has 0 aliphatic carbocycles. The van der Waals surface area contributed by atoms with Crippen LogP contribution in [0.15, 0.2) is 46.8 Å². The molecule has 0 unspecified atom stereocenters. The lowest BCUT2D eigenvalue weighted by Gasteiger charge is -1.98. The third-order valence-corrected chi connectivity index (χ3v) is 3.71. The number of hydrogen-bond donors (Lipinski definition) is 2. The number of aromatic hydroxyl groups is 1. The number of carboxylic acid groups (broad SMARTS) is 1. The van der Waals surface area contributed by atoms with Gasteiger partial charge in [-0.2, -0.15) is 0 Å². The number of carbonyl (C=O) groups is 1. The number of imidazole rings is 1. The van der Waals surface area contributed by atoms with Crippen molar-refractivity contribution in [2.24, 2.45) is 10.2 Å². The van der Waals surface area contributed by atoms with Gasteiger partial charge in [-0.1, -0.05) is 23.2 Å². The van der Waals surface area contributed by atoms with E-state index < -0.39 is 5.97 Å². The van der Waals surface area contributed by atoms with Gasteiger partial charge in [0.05, 0.1) is 15.7 Å². The normalized spacial score (nSPS) is 11.4. The lowest BCUT2D eigenvalue weighted by Crippen LogP contribution is -1.96. The number of pyridine rings is 1. The topological polar surface area (TPSA) is 99.5 Å². The number of aromatic nitrogens is 2. The van der Waals surface area contributed by atoms with Gasteiger partial charge >= 0.3 is 5.97 Å². The predicted molar refractivity (Wildman–Crippen MR) is 84.5 cm³/mol. The monoisotopic (exact) mass is 350 g/mol. The van der Waals surface area contributed by atoms with Crippen molar-refractivity contribution >= 4 is 46.3 Å². The zero-order valence-corrected chi connectivity index (χ0v) is 12.8. The summed E-state index contributed by atoms with van der Waals surface area (Å²) in [5.41, 5.74) is 0.147. The summed E-state index contributed by atoms with van der Waals surface area (Å²) in [6.45, 7) is 0. The SMILES string of the molecule is O=C(O)c1nc2c(O)cccn2c1N=Nc1ccc(Cl)c(Cl)c1. The van der Waals surface area contributed by atoms with Crippen molar-refractivity contribution in [3.8, 4) is 5.75 Å². The molecule has 7 nitrogen and oxygen atoms in total. The second-order valence-corrected chi connectivity index (χ2v) is 5.29. The fourth-order valence-corrected chi connectivity index (χ4v) is 2.22. The maximum absolute atomic E-state index is 11.3. The Kier molecular flexibility index (Phi) is 3.89. The van der Waals surface area contributed by atoms with Crippen LogP contribution in [0.2, 0.25) is 10.0 Å². The predicted octanol–water partition coefficient (Wildman–Crippen LogP) is 4.46. The van der Waals surface area contributed by atoms with Gasteiger partial charge in [0.1, 0.15) is 0 Å². The highest BCUT2D eigenvalue weighted by Gasteiger charge is 2.19. The van der Waals surface area contributed by atoms with Gasteiger partial charge in [0.15, 0.2) is 22.9 Å². The molecular formula is C14H8Cl2N4O3. The molecule has 3 aromatic rings. The summed E-state index contributed by atoms with van der Waals surface area (Å²) in [5, 5.41) is 27.6. The highest BCUT2D eigenvalue weighted by atomic mass is 35.5. The summed E-state index contributed by atoms with van der Waals surface area (Å²) < 4.78 is 1.33. The van der Waals surface area contributed by atoms with Gasteiger partial charge in [0.2, 0.25) is 0 Å². The van der Waals surface area contributed by atoms with Gasteiger partial charge in [-0.25, -0.2) is 9.78 Å². The van der Waals surface area contributed by atoms with Crippen LogP contribution in [0, 0.1) is 0 Å². The number of azo groups is 1. The van der Waals surface area contributed by atoms with Crippen LogP contribution in [0.3, 0.4) is 0 Å². The van der Waals surface area contributed by atoms with Crippen molar-refractivity contribution in [3.63, 3.8) is 0 Å². The Morgan fingerprint density at radius 1 is 1.17 bits per heavy atom. The summed E-state index contributed by atoms with van der Waals surface area (Å²) in [6.07, 6.45) is 1.53. The van der Waals surface area contributed by atoms with Crippen molar-refractivity contribution in [1.82, 2.24) is 9.38 Å². The second kappa shape index (κ2) is 5.86. The fraction of sp³-hybridized carbons (Fsp3) is 0. The molecule has 0 saturated heterocycles. The van der Waals surface area contributed by atoms with E-state index in [9.17, 15) is 15.0 Å². The smallest absolute Gasteiger partial charge is 0.358 e. The molecule has 23 heavy (non-hydrogen) atoms. The van der Waals surface area contributed by atoms with E-state index in [4.69, 9.17) is 23.2 Å². The van der Waals surface area contributed by atoms with Crippen LogP contribution in [-0.4, -0.2) is 25.6 Å². The molecule has 0 spiro atoms. The van der Waals surface area contributed by atoms with Crippen molar-refractivity contribution < 1.29 is 15.0 Å². The molecule has 0 bridgehead atoms. The Bertz CT molecular complexity index is 953. The first-order chi connectivity index (χ1) is 11.0. The Morgan fingerprint density at radius 3 is 2.65 bits per heavy atom. The average Bonchev–Trinajstić information content (AvgIpc) is 2.89. The van der Waals surface area contributed by atoms with Crippen molar-refractivity contribution in [2.75, 3.05) is 0 Å². The zero-order chi connectivity index (χ0) is 16.6. The number of aromatic carboxylic acids is 1. The molecule has 1 aromatic carbocycles. The largest absolute Gasteiger partial charge is 0.504 e. The number of rotatable bonds is 3. The molecule has 2 heterocycles. The third kappa shape index (κ3) is 2.84. The van der Waals surface area contributed by atoms with Crippen molar-refractivity contribution in [3.05, 3.63) is 52.3 Å². The molecule has 9 heteroatoms. The van der Waals surface area contributed by atoms with Gasteiger partial charge < -0.3 is 10.2 Å². The van der Waals surface area contributed by atoms with Crippen LogP contribution in [-0.2, 0) is 0 Å². The minimum atomic E-state index is -1.28. The van der Waals surface area contributed by atoms with Gasteiger partial charge in [0.25, 0.3) is 0 Å². The van der Waals surface area contributed by atoms with E-state index in [1.165, 1.54) is 28.8 Å². The van der Waals surface area contributed by atoms with Crippen molar-refractivity contribution in [1.29, 1.82) is 0 Å².